The molecule has 3 nitrogen and oxygen atoms in total. The molecular formula is C24H26FN3. The predicted octanol–water partition coefficient (Wildman–Crippen LogP) is 5.14. The van der Waals surface area contributed by atoms with Gasteiger partial charge in [-0.25, -0.2) is 4.39 Å². The third-order valence-electron chi connectivity index (χ3n) is 6.24. The van der Waals surface area contributed by atoms with Crippen LogP contribution in [0.5, 0.6) is 0 Å². The number of nitrogens with zero attached hydrogens (tertiary/aromatic N) is 3. The highest BCUT2D eigenvalue weighted by Crippen LogP contribution is 2.36. The summed E-state index contributed by atoms with van der Waals surface area (Å²) in [6, 6.07) is 8.30. The number of rotatable bonds is 2. The quantitative estimate of drug-likeness (QED) is 0.619. The summed E-state index contributed by atoms with van der Waals surface area (Å²) in [5.74, 6) is 0. The first kappa shape index (κ1) is 17.6. The van der Waals surface area contributed by atoms with Gasteiger partial charge in [0.1, 0.15) is 6.67 Å². The maximum absolute atomic E-state index is 13.3. The molecule has 3 aromatic rings. The lowest BCUT2D eigenvalue weighted by atomic mass is 9.88. The number of aromatic nitrogens is 2. The van der Waals surface area contributed by atoms with Crippen molar-refractivity contribution in [3.8, 4) is 0 Å². The van der Waals surface area contributed by atoms with Crippen molar-refractivity contribution in [3.05, 3.63) is 64.1 Å². The molecule has 1 aliphatic carbocycles. The number of benzene rings is 1. The highest BCUT2D eigenvalue weighted by atomic mass is 19.1. The van der Waals surface area contributed by atoms with Crippen LogP contribution in [0.2, 0.25) is 0 Å². The number of alkyl halides is 1. The van der Waals surface area contributed by atoms with Crippen molar-refractivity contribution in [1.82, 2.24) is 14.5 Å². The Morgan fingerprint density at radius 2 is 2.07 bits per heavy atom. The number of halogens is 1. The van der Waals surface area contributed by atoms with E-state index in [1.165, 1.54) is 45.3 Å². The molecular weight excluding hydrogens is 349 g/mol. The SMILES string of the molecule is Cc1cc2c(cn1)CCCC2=Cn1c2c(c3cc(CF)ccc31)CN(C)CC2. The van der Waals surface area contributed by atoms with Crippen LogP contribution in [0, 0.1) is 6.92 Å². The van der Waals surface area contributed by atoms with Crippen LogP contribution in [-0.2, 0) is 26.1 Å². The Morgan fingerprint density at radius 1 is 1.18 bits per heavy atom. The molecule has 0 atom stereocenters. The van der Waals surface area contributed by atoms with Gasteiger partial charge in [0.25, 0.3) is 0 Å². The Balaban J connectivity index is 1.72. The molecule has 0 bridgehead atoms. The lowest BCUT2D eigenvalue weighted by Crippen LogP contribution is -2.26. The highest BCUT2D eigenvalue weighted by Gasteiger charge is 2.23. The van der Waals surface area contributed by atoms with Gasteiger partial charge in [0.05, 0.1) is 5.52 Å². The van der Waals surface area contributed by atoms with Crippen LogP contribution in [-0.4, -0.2) is 28.0 Å². The Bertz CT molecular complexity index is 1090. The fraction of sp³-hybridized carbons (Fsp3) is 0.375. The van der Waals surface area contributed by atoms with E-state index in [2.05, 4.69) is 46.8 Å². The highest BCUT2D eigenvalue weighted by molar-refractivity contribution is 5.91. The monoisotopic (exact) mass is 375 g/mol. The van der Waals surface area contributed by atoms with E-state index in [0.29, 0.717) is 0 Å². The number of likely N-dealkylation sites (N-methyl/N-ethyl adjacent to an activating group) is 1. The van der Waals surface area contributed by atoms with E-state index in [9.17, 15) is 4.39 Å². The van der Waals surface area contributed by atoms with Gasteiger partial charge in [-0.1, -0.05) is 6.07 Å². The van der Waals surface area contributed by atoms with Gasteiger partial charge in [0, 0.05) is 48.7 Å². The molecule has 1 aromatic carbocycles. The average molecular weight is 375 g/mol. The minimum atomic E-state index is -0.410. The summed E-state index contributed by atoms with van der Waals surface area (Å²) in [7, 11) is 2.16. The van der Waals surface area contributed by atoms with Crippen LogP contribution < -0.4 is 0 Å². The first-order valence-corrected chi connectivity index (χ1v) is 10.2. The number of hydrogen-bond donors (Lipinski definition) is 0. The van der Waals surface area contributed by atoms with Crippen molar-refractivity contribution in [2.24, 2.45) is 0 Å². The maximum atomic E-state index is 13.3. The van der Waals surface area contributed by atoms with Gasteiger partial charge >= 0.3 is 0 Å². The Morgan fingerprint density at radius 3 is 2.93 bits per heavy atom. The zero-order valence-corrected chi connectivity index (χ0v) is 16.6. The number of fused-ring (bicyclic) bond motifs is 4. The molecule has 0 spiro atoms. The second kappa shape index (κ2) is 6.85. The standard InChI is InChI=1S/C24H26FN3/c1-16-10-20-18(13-26-16)4-3-5-19(20)14-28-23-7-6-17(12-25)11-21(23)22-15-27(2)9-8-24(22)28/h6-7,10-11,13-14H,3-5,8-9,12,15H2,1-2H3. The Hall–Kier alpha value is -2.46. The molecule has 0 unspecified atom stereocenters. The van der Waals surface area contributed by atoms with Crippen LogP contribution in [0.4, 0.5) is 4.39 Å². The van der Waals surface area contributed by atoms with Crippen LogP contribution in [0.1, 0.15) is 46.5 Å². The van der Waals surface area contributed by atoms with Crippen molar-refractivity contribution >= 4 is 22.7 Å². The van der Waals surface area contributed by atoms with E-state index in [1.807, 2.05) is 18.3 Å². The molecule has 0 fully saturated rings. The topological polar surface area (TPSA) is 21.1 Å². The van der Waals surface area contributed by atoms with E-state index >= 15 is 0 Å². The zero-order chi connectivity index (χ0) is 19.3. The van der Waals surface area contributed by atoms with Gasteiger partial charge < -0.3 is 9.47 Å². The summed E-state index contributed by atoms with van der Waals surface area (Å²) in [6.45, 7) is 3.64. The fourth-order valence-corrected chi connectivity index (χ4v) is 4.79. The Labute approximate surface area is 165 Å². The van der Waals surface area contributed by atoms with Gasteiger partial charge in [0.15, 0.2) is 0 Å². The molecule has 28 heavy (non-hydrogen) atoms. The maximum Gasteiger partial charge on any atom is 0.115 e. The van der Waals surface area contributed by atoms with Crippen LogP contribution in [0.25, 0.3) is 22.7 Å². The van der Waals surface area contributed by atoms with E-state index in [1.54, 1.807) is 0 Å². The largest absolute Gasteiger partial charge is 0.320 e. The van der Waals surface area contributed by atoms with Crippen molar-refractivity contribution in [3.63, 3.8) is 0 Å². The summed E-state index contributed by atoms with van der Waals surface area (Å²) in [5, 5.41) is 1.20. The van der Waals surface area contributed by atoms with Crippen molar-refractivity contribution < 1.29 is 4.39 Å². The van der Waals surface area contributed by atoms with Gasteiger partial charge in [-0.15, -0.1) is 0 Å². The minimum Gasteiger partial charge on any atom is -0.320 e. The summed E-state index contributed by atoms with van der Waals surface area (Å²) in [5.41, 5.74) is 9.86. The lowest BCUT2D eigenvalue weighted by molar-refractivity contribution is 0.312. The fourth-order valence-electron chi connectivity index (χ4n) is 4.79. The molecule has 2 aromatic heterocycles. The Kier molecular flexibility index (Phi) is 4.31. The van der Waals surface area contributed by atoms with Gasteiger partial charge in [0.2, 0.25) is 0 Å². The molecule has 3 heterocycles. The molecule has 0 amide bonds. The van der Waals surface area contributed by atoms with Gasteiger partial charge in [-0.05, 0) is 79.3 Å². The third-order valence-corrected chi connectivity index (χ3v) is 6.24. The average Bonchev–Trinajstić information content (AvgIpc) is 3.00. The third kappa shape index (κ3) is 2.87. The second-order valence-corrected chi connectivity index (χ2v) is 8.26. The number of hydrogen-bond acceptors (Lipinski definition) is 2. The number of allylic oxidation sites excluding steroid dienone is 1. The van der Waals surface area contributed by atoms with E-state index in [-0.39, 0.29) is 0 Å². The van der Waals surface area contributed by atoms with E-state index < -0.39 is 6.67 Å². The molecule has 0 saturated heterocycles. The molecule has 0 saturated carbocycles. The second-order valence-electron chi connectivity index (χ2n) is 8.26. The van der Waals surface area contributed by atoms with Gasteiger partial charge in [-0.2, -0.15) is 0 Å². The van der Waals surface area contributed by atoms with Crippen molar-refractivity contribution in [2.45, 2.75) is 45.8 Å². The molecule has 4 heteroatoms. The van der Waals surface area contributed by atoms with E-state index in [4.69, 9.17) is 0 Å². The molecule has 144 valence electrons. The minimum absolute atomic E-state index is 0.410. The number of pyridine rings is 1. The molecule has 0 N–H and O–H groups in total. The lowest BCUT2D eigenvalue weighted by Gasteiger charge is -2.24. The molecule has 5 rings (SSSR count). The van der Waals surface area contributed by atoms with Crippen molar-refractivity contribution in [1.29, 1.82) is 0 Å². The van der Waals surface area contributed by atoms with E-state index in [0.717, 1.165) is 43.6 Å². The molecule has 0 radical (unpaired) electrons. The summed E-state index contributed by atoms with van der Waals surface area (Å²) < 4.78 is 15.7. The first-order chi connectivity index (χ1) is 13.6. The van der Waals surface area contributed by atoms with Crippen LogP contribution in [0.3, 0.4) is 0 Å². The molecule has 1 aliphatic heterocycles. The zero-order valence-electron chi connectivity index (χ0n) is 16.6. The summed E-state index contributed by atoms with van der Waals surface area (Å²) in [6.07, 6.45) is 8.78. The number of aryl methyl sites for hydroxylation is 2. The van der Waals surface area contributed by atoms with Crippen LogP contribution in [0.15, 0.2) is 30.5 Å². The smallest absolute Gasteiger partial charge is 0.115 e. The van der Waals surface area contributed by atoms with Crippen molar-refractivity contribution in [2.75, 3.05) is 13.6 Å². The molecule has 2 aliphatic rings. The first-order valence-electron chi connectivity index (χ1n) is 10.2. The van der Waals surface area contributed by atoms with Crippen LogP contribution >= 0.6 is 0 Å². The summed E-state index contributed by atoms with van der Waals surface area (Å²) >= 11 is 0. The summed E-state index contributed by atoms with van der Waals surface area (Å²) in [4.78, 5) is 6.85. The normalized spacial score (nSPS) is 18.5. The van der Waals surface area contributed by atoms with Gasteiger partial charge in [-0.3, -0.25) is 4.98 Å². The predicted molar refractivity (Wildman–Crippen MR) is 113 cm³/mol.